The van der Waals surface area contributed by atoms with Crippen LogP contribution < -0.4 is 10.6 Å². The second kappa shape index (κ2) is 6.86. The molecule has 2 rings (SSSR count). The Morgan fingerprint density at radius 2 is 2.10 bits per heavy atom. The molecule has 1 aromatic carbocycles. The van der Waals surface area contributed by atoms with E-state index in [9.17, 15) is 4.79 Å². The summed E-state index contributed by atoms with van der Waals surface area (Å²) in [5.74, 6) is 0.0156. The van der Waals surface area contributed by atoms with Crippen molar-refractivity contribution in [1.29, 1.82) is 0 Å². The fourth-order valence-corrected chi connectivity index (χ4v) is 2.36. The number of hydrogen-bond acceptors (Lipinski definition) is 3. The molecule has 1 amide bonds. The molecule has 4 heteroatoms. The molecule has 0 radical (unpaired) electrons. The van der Waals surface area contributed by atoms with E-state index < -0.39 is 0 Å². The van der Waals surface area contributed by atoms with Gasteiger partial charge in [-0.2, -0.15) is 0 Å². The van der Waals surface area contributed by atoms with Gasteiger partial charge in [0.1, 0.15) is 0 Å². The van der Waals surface area contributed by atoms with E-state index in [1.165, 1.54) is 12.8 Å². The minimum atomic E-state index is 0.0156. The number of rotatable bonds is 8. The zero-order chi connectivity index (χ0) is 14.4. The van der Waals surface area contributed by atoms with Gasteiger partial charge < -0.3 is 15.4 Å². The van der Waals surface area contributed by atoms with E-state index in [2.05, 4.69) is 10.6 Å². The maximum atomic E-state index is 11.9. The molecule has 0 bridgehead atoms. The Hall–Kier alpha value is -1.39. The molecule has 1 saturated carbocycles. The van der Waals surface area contributed by atoms with Gasteiger partial charge in [0.2, 0.25) is 5.91 Å². The molecule has 1 fully saturated rings. The number of nitrogens with one attached hydrogen (secondary N) is 2. The summed E-state index contributed by atoms with van der Waals surface area (Å²) in [5, 5.41) is 6.20. The molecule has 0 unspecified atom stereocenters. The molecular weight excluding hydrogens is 252 g/mol. The van der Waals surface area contributed by atoms with E-state index in [0.29, 0.717) is 12.0 Å². The molecule has 20 heavy (non-hydrogen) atoms. The van der Waals surface area contributed by atoms with Gasteiger partial charge in [-0.05, 0) is 43.2 Å². The molecule has 0 heterocycles. The fraction of sp³-hybridized carbons (Fsp3) is 0.562. The molecule has 1 aliphatic rings. The van der Waals surface area contributed by atoms with Gasteiger partial charge in [0, 0.05) is 25.9 Å². The van der Waals surface area contributed by atoms with Crippen LogP contribution in [0.25, 0.3) is 0 Å². The lowest BCUT2D eigenvalue weighted by molar-refractivity contribution is -0.115. The number of amides is 1. The van der Waals surface area contributed by atoms with Crippen molar-refractivity contribution < 1.29 is 9.53 Å². The van der Waals surface area contributed by atoms with Gasteiger partial charge >= 0.3 is 0 Å². The molecule has 0 saturated heterocycles. The summed E-state index contributed by atoms with van der Waals surface area (Å²) in [6.07, 6.45) is 3.56. The van der Waals surface area contributed by atoms with Gasteiger partial charge in [0.25, 0.3) is 0 Å². The number of carbonyl (C=O) groups is 1. The molecule has 0 aromatic heterocycles. The third-order valence-electron chi connectivity index (χ3n) is 4.00. The Bertz CT molecular complexity index is 456. The Morgan fingerprint density at radius 1 is 1.35 bits per heavy atom. The average molecular weight is 276 g/mol. The number of hydrogen-bond donors (Lipinski definition) is 2. The molecule has 110 valence electrons. The molecular formula is C16H24N2O2. The van der Waals surface area contributed by atoms with Gasteiger partial charge in [0.15, 0.2) is 0 Å². The summed E-state index contributed by atoms with van der Waals surface area (Å²) < 4.78 is 5.13. The lowest BCUT2D eigenvalue weighted by Crippen LogP contribution is -2.33. The number of ether oxygens (including phenoxy) is 1. The third kappa shape index (κ3) is 4.32. The highest BCUT2D eigenvalue weighted by atomic mass is 16.5. The maximum Gasteiger partial charge on any atom is 0.238 e. The highest BCUT2D eigenvalue weighted by Crippen LogP contribution is 2.48. The average Bonchev–Trinajstić information content (AvgIpc) is 3.20. The van der Waals surface area contributed by atoms with Gasteiger partial charge in [0.05, 0.1) is 6.54 Å². The third-order valence-corrected chi connectivity index (χ3v) is 4.00. The second-order valence-corrected chi connectivity index (χ2v) is 5.71. The summed E-state index contributed by atoms with van der Waals surface area (Å²) in [7, 11) is 1.74. The first-order valence-electron chi connectivity index (χ1n) is 7.20. The van der Waals surface area contributed by atoms with Crippen LogP contribution in [0.1, 0.15) is 24.8 Å². The van der Waals surface area contributed by atoms with Crippen molar-refractivity contribution in [1.82, 2.24) is 5.32 Å². The van der Waals surface area contributed by atoms with Crippen LogP contribution in [0, 0.1) is 12.3 Å². The number of para-hydroxylation sites is 1. The quantitative estimate of drug-likeness (QED) is 0.766. The molecule has 4 nitrogen and oxygen atoms in total. The van der Waals surface area contributed by atoms with E-state index in [1.54, 1.807) is 7.11 Å². The van der Waals surface area contributed by atoms with E-state index >= 15 is 0 Å². The number of aryl methyl sites for hydroxylation is 1. The number of methoxy groups -OCH3 is 1. The van der Waals surface area contributed by atoms with Gasteiger partial charge in [-0.25, -0.2) is 0 Å². The van der Waals surface area contributed by atoms with E-state index in [-0.39, 0.29) is 5.91 Å². The second-order valence-electron chi connectivity index (χ2n) is 5.71. The monoisotopic (exact) mass is 276 g/mol. The Kier molecular flexibility index (Phi) is 5.15. The lowest BCUT2D eigenvalue weighted by atomic mass is 10.0. The zero-order valence-electron chi connectivity index (χ0n) is 12.4. The molecule has 2 N–H and O–H groups in total. The highest BCUT2D eigenvalue weighted by molar-refractivity contribution is 5.92. The summed E-state index contributed by atoms with van der Waals surface area (Å²) in [6.45, 7) is 4.06. The van der Waals surface area contributed by atoms with Crippen LogP contribution in [0.5, 0.6) is 0 Å². The number of anilines is 1. The summed E-state index contributed by atoms with van der Waals surface area (Å²) in [5.41, 5.74) is 2.35. The molecule has 0 atom stereocenters. The van der Waals surface area contributed by atoms with Crippen molar-refractivity contribution >= 4 is 11.6 Å². The predicted octanol–water partition coefficient (Wildman–Crippen LogP) is 2.34. The van der Waals surface area contributed by atoms with Crippen LogP contribution >= 0.6 is 0 Å². The van der Waals surface area contributed by atoms with E-state index in [0.717, 1.165) is 30.8 Å². The molecule has 0 aliphatic heterocycles. The first-order chi connectivity index (χ1) is 9.65. The van der Waals surface area contributed by atoms with Crippen LogP contribution in [-0.4, -0.2) is 32.7 Å². The van der Waals surface area contributed by atoms with Crippen LogP contribution in [0.3, 0.4) is 0 Å². The van der Waals surface area contributed by atoms with E-state index in [4.69, 9.17) is 4.74 Å². The van der Waals surface area contributed by atoms with Crippen LogP contribution in [-0.2, 0) is 9.53 Å². The first kappa shape index (κ1) is 15.0. The predicted molar refractivity (Wildman–Crippen MR) is 80.8 cm³/mol. The lowest BCUT2D eigenvalue weighted by Gasteiger charge is -2.15. The SMILES string of the molecule is COCCC1(CNCC(=O)Nc2ccccc2C)CC1. The highest BCUT2D eigenvalue weighted by Gasteiger charge is 2.41. The number of benzene rings is 1. The van der Waals surface area contributed by atoms with Gasteiger partial charge in [-0.1, -0.05) is 18.2 Å². The van der Waals surface area contributed by atoms with Crippen molar-refractivity contribution in [3.8, 4) is 0 Å². The Morgan fingerprint density at radius 3 is 2.75 bits per heavy atom. The van der Waals surface area contributed by atoms with Crippen LogP contribution in [0.4, 0.5) is 5.69 Å². The fourth-order valence-electron chi connectivity index (χ4n) is 2.36. The summed E-state index contributed by atoms with van der Waals surface area (Å²) >= 11 is 0. The largest absolute Gasteiger partial charge is 0.385 e. The van der Waals surface area contributed by atoms with Crippen molar-refractivity contribution in [2.24, 2.45) is 5.41 Å². The molecule has 1 aliphatic carbocycles. The maximum absolute atomic E-state index is 11.9. The van der Waals surface area contributed by atoms with Crippen LogP contribution in [0.15, 0.2) is 24.3 Å². The zero-order valence-corrected chi connectivity index (χ0v) is 12.4. The topological polar surface area (TPSA) is 50.4 Å². The van der Waals surface area contributed by atoms with Crippen molar-refractivity contribution in [2.45, 2.75) is 26.2 Å². The normalized spacial score (nSPS) is 15.9. The Balaban J connectivity index is 1.70. The first-order valence-corrected chi connectivity index (χ1v) is 7.20. The van der Waals surface area contributed by atoms with Crippen molar-refractivity contribution in [3.05, 3.63) is 29.8 Å². The van der Waals surface area contributed by atoms with Crippen molar-refractivity contribution in [2.75, 3.05) is 32.1 Å². The van der Waals surface area contributed by atoms with E-state index in [1.807, 2.05) is 31.2 Å². The smallest absolute Gasteiger partial charge is 0.238 e. The minimum absolute atomic E-state index is 0.0156. The molecule has 1 aromatic rings. The van der Waals surface area contributed by atoms with Gasteiger partial charge in [-0.3, -0.25) is 4.79 Å². The minimum Gasteiger partial charge on any atom is -0.385 e. The van der Waals surface area contributed by atoms with Gasteiger partial charge in [-0.15, -0.1) is 0 Å². The molecule has 0 spiro atoms. The standard InChI is InChI=1S/C16H24N2O2/c1-13-5-3-4-6-14(13)18-15(19)11-17-12-16(7-8-16)9-10-20-2/h3-6,17H,7-12H2,1-2H3,(H,18,19). The summed E-state index contributed by atoms with van der Waals surface area (Å²) in [6, 6.07) is 7.82. The van der Waals surface area contributed by atoms with Crippen molar-refractivity contribution in [3.63, 3.8) is 0 Å². The summed E-state index contributed by atoms with van der Waals surface area (Å²) in [4.78, 5) is 11.9. The van der Waals surface area contributed by atoms with Crippen LogP contribution in [0.2, 0.25) is 0 Å². The number of carbonyl (C=O) groups excluding carboxylic acids is 1. The Labute approximate surface area is 120 Å².